The van der Waals surface area contributed by atoms with Crippen molar-refractivity contribution in [3.8, 4) is 0 Å². The van der Waals surface area contributed by atoms with E-state index in [9.17, 15) is 16.8 Å². The first kappa shape index (κ1) is 16.5. The Balaban J connectivity index is 2.06. The number of fused-ring (bicyclic) bond motifs is 1. The number of benzene rings is 3. The molecule has 7 heteroatoms. The van der Waals surface area contributed by atoms with Crippen LogP contribution < -0.4 is 4.72 Å². The summed E-state index contributed by atoms with van der Waals surface area (Å²) in [5.74, 6) is 0. The normalized spacial score (nSPS) is 12.2. The van der Waals surface area contributed by atoms with Crippen LogP contribution in [-0.4, -0.2) is 23.1 Å². The van der Waals surface area contributed by atoms with Crippen molar-refractivity contribution in [1.82, 2.24) is 0 Å². The van der Waals surface area contributed by atoms with E-state index in [1.807, 2.05) is 30.3 Å². The zero-order valence-corrected chi connectivity index (χ0v) is 14.4. The Morgan fingerprint density at radius 2 is 1.38 bits per heavy atom. The summed E-state index contributed by atoms with van der Waals surface area (Å²) < 4.78 is 51.0. The van der Waals surface area contributed by atoms with Crippen molar-refractivity contribution in [2.75, 3.05) is 11.0 Å². The van der Waals surface area contributed by atoms with Crippen LogP contribution in [0.2, 0.25) is 0 Å². The molecule has 3 rings (SSSR count). The number of rotatable bonds is 4. The fourth-order valence-corrected chi connectivity index (χ4v) is 4.26. The van der Waals surface area contributed by atoms with Gasteiger partial charge in [-0.3, -0.25) is 4.72 Å². The van der Waals surface area contributed by atoms with Crippen molar-refractivity contribution >= 4 is 36.3 Å². The molecule has 3 aromatic rings. The van der Waals surface area contributed by atoms with Gasteiger partial charge in [0.05, 0.1) is 15.5 Å². The first-order valence-electron chi connectivity index (χ1n) is 7.08. The highest BCUT2D eigenvalue weighted by molar-refractivity contribution is 7.93. The third-order valence-electron chi connectivity index (χ3n) is 3.58. The van der Waals surface area contributed by atoms with Gasteiger partial charge in [0.25, 0.3) is 10.0 Å². The minimum Gasteiger partial charge on any atom is -0.279 e. The van der Waals surface area contributed by atoms with Gasteiger partial charge in [-0.1, -0.05) is 42.5 Å². The molecule has 0 radical (unpaired) electrons. The monoisotopic (exact) mass is 361 g/mol. The van der Waals surface area contributed by atoms with E-state index in [4.69, 9.17) is 0 Å². The van der Waals surface area contributed by atoms with Crippen molar-refractivity contribution < 1.29 is 16.8 Å². The number of nitrogens with one attached hydrogen (secondary N) is 1. The molecule has 0 bridgehead atoms. The van der Waals surface area contributed by atoms with Gasteiger partial charge in [-0.05, 0) is 29.7 Å². The molecule has 5 nitrogen and oxygen atoms in total. The van der Waals surface area contributed by atoms with E-state index in [1.165, 1.54) is 18.2 Å². The first-order chi connectivity index (χ1) is 11.3. The van der Waals surface area contributed by atoms with E-state index >= 15 is 0 Å². The maximum absolute atomic E-state index is 12.6. The molecule has 0 aliphatic rings. The summed E-state index contributed by atoms with van der Waals surface area (Å²) in [6.45, 7) is 0. The number of sulfonamides is 1. The van der Waals surface area contributed by atoms with Crippen LogP contribution in [0.5, 0.6) is 0 Å². The predicted octanol–water partition coefficient (Wildman–Crippen LogP) is 3.04. The Bertz CT molecular complexity index is 1110. The van der Waals surface area contributed by atoms with Gasteiger partial charge in [0.1, 0.15) is 0 Å². The average molecular weight is 361 g/mol. The van der Waals surface area contributed by atoms with Crippen LogP contribution in [0.25, 0.3) is 10.8 Å². The second-order valence-electron chi connectivity index (χ2n) is 5.38. The largest absolute Gasteiger partial charge is 0.279 e. The Hall–Kier alpha value is -2.38. The van der Waals surface area contributed by atoms with E-state index in [1.54, 1.807) is 12.1 Å². The molecule has 0 unspecified atom stereocenters. The molecule has 0 saturated carbocycles. The Labute approximate surface area is 140 Å². The van der Waals surface area contributed by atoms with Crippen LogP contribution in [0.4, 0.5) is 5.69 Å². The van der Waals surface area contributed by atoms with Crippen LogP contribution in [0.3, 0.4) is 0 Å². The van der Waals surface area contributed by atoms with Crippen LogP contribution >= 0.6 is 0 Å². The lowest BCUT2D eigenvalue weighted by atomic mass is 10.1. The van der Waals surface area contributed by atoms with E-state index < -0.39 is 19.9 Å². The molecule has 0 spiro atoms. The lowest BCUT2D eigenvalue weighted by molar-refractivity contribution is 0.599. The minimum atomic E-state index is -3.90. The topological polar surface area (TPSA) is 80.3 Å². The van der Waals surface area contributed by atoms with Crippen molar-refractivity contribution in [2.24, 2.45) is 0 Å². The van der Waals surface area contributed by atoms with Crippen LogP contribution in [0, 0.1) is 0 Å². The summed E-state index contributed by atoms with van der Waals surface area (Å²) in [5, 5.41) is 1.67. The lowest BCUT2D eigenvalue weighted by Crippen LogP contribution is -2.13. The van der Waals surface area contributed by atoms with E-state index in [-0.39, 0.29) is 9.79 Å². The third-order valence-corrected chi connectivity index (χ3v) is 6.05. The smallest absolute Gasteiger partial charge is 0.261 e. The van der Waals surface area contributed by atoms with E-state index in [2.05, 4.69) is 4.72 Å². The van der Waals surface area contributed by atoms with Crippen molar-refractivity contribution in [2.45, 2.75) is 9.79 Å². The molecule has 0 fully saturated rings. The number of sulfone groups is 1. The summed E-state index contributed by atoms with van der Waals surface area (Å²) >= 11 is 0. The molecule has 0 aliphatic carbocycles. The highest BCUT2D eigenvalue weighted by atomic mass is 32.2. The Morgan fingerprint density at radius 1 is 0.750 bits per heavy atom. The molecule has 0 aliphatic heterocycles. The van der Waals surface area contributed by atoms with Gasteiger partial charge in [0.2, 0.25) is 0 Å². The third kappa shape index (κ3) is 3.27. The maximum Gasteiger partial charge on any atom is 0.261 e. The second kappa shape index (κ2) is 5.92. The minimum absolute atomic E-state index is 0.0386. The predicted molar refractivity (Wildman–Crippen MR) is 94.3 cm³/mol. The maximum atomic E-state index is 12.6. The molecular formula is C17H15NO4S2. The van der Waals surface area contributed by atoms with Crippen LogP contribution in [-0.2, 0) is 19.9 Å². The molecule has 3 aromatic carbocycles. The molecule has 24 heavy (non-hydrogen) atoms. The Morgan fingerprint density at radius 3 is 2.12 bits per heavy atom. The van der Waals surface area contributed by atoms with Gasteiger partial charge >= 0.3 is 0 Å². The molecule has 0 saturated heterocycles. The molecule has 0 aromatic heterocycles. The average Bonchev–Trinajstić information content (AvgIpc) is 2.54. The highest BCUT2D eigenvalue weighted by Gasteiger charge is 2.18. The zero-order chi connectivity index (χ0) is 17.4. The molecule has 0 atom stereocenters. The lowest BCUT2D eigenvalue weighted by Gasteiger charge is -2.11. The summed E-state index contributed by atoms with van der Waals surface area (Å²) in [4.78, 5) is -0.137. The fraction of sp³-hybridized carbons (Fsp3) is 0.0588. The number of anilines is 1. The summed E-state index contributed by atoms with van der Waals surface area (Å²) in [6.07, 6.45) is 1.04. The molecular weight excluding hydrogens is 346 g/mol. The van der Waals surface area contributed by atoms with Crippen molar-refractivity contribution in [3.05, 3.63) is 66.7 Å². The Kier molecular flexibility index (Phi) is 4.06. The zero-order valence-electron chi connectivity index (χ0n) is 12.8. The van der Waals surface area contributed by atoms with Gasteiger partial charge in [0.15, 0.2) is 9.84 Å². The van der Waals surface area contributed by atoms with E-state index in [0.717, 1.165) is 23.1 Å². The SMILES string of the molecule is CS(=O)(=O)c1cccc(S(=O)(=O)Nc2cccc3ccccc23)c1. The molecule has 0 amide bonds. The second-order valence-corrected chi connectivity index (χ2v) is 9.08. The van der Waals surface area contributed by atoms with Gasteiger partial charge in [-0.25, -0.2) is 16.8 Å². The fourth-order valence-electron chi connectivity index (χ4n) is 2.39. The van der Waals surface area contributed by atoms with E-state index in [0.29, 0.717) is 5.69 Å². The summed E-state index contributed by atoms with van der Waals surface area (Å²) in [5.41, 5.74) is 0.442. The molecule has 124 valence electrons. The number of hydrogen-bond donors (Lipinski definition) is 1. The highest BCUT2D eigenvalue weighted by Crippen LogP contribution is 2.26. The quantitative estimate of drug-likeness (QED) is 0.774. The summed E-state index contributed by atoms with van der Waals surface area (Å²) in [7, 11) is -7.39. The molecule has 1 N–H and O–H groups in total. The standard InChI is InChI=1S/C17H15NO4S2/c1-23(19,20)14-8-5-9-15(12-14)24(21,22)18-17-11-4-7-13-6-2-3-10-16(13)17/h2-12,18H,1H3. The van der Waals surface area contributed by atoms with Crippen molar-refractivity contribution in [3.63, 3.8) is 0 Å². The van der Waals surface area contributed by atoms with Crippen molar-refractivity contribution in [1.29, 1.82) is 0 Å². The van der Waals surface area contributed by atoms with Gasteiger partial charge in [-0.2, -0.15) is 0 Å². The van der Waals surface area contributed by atoms with Gasteiger partial charge in [-0.15, -0.1) is 0 Å². The molecule has 0 heterocycles. The first-order valence-corrected chi connectivity index (χ1v) is 10.5. The van der Waals surface area contributed by atoms with Crippen LogP contribution in [0.15, 0.2) is 76.5 Å². The van der Waals surface area contributed by atoms with Gasteiger partial charge < -0.3 is 0 Å². The summed E-state index contributed by atoms with van der Waals surface area (Å²) in [6, 6.07) is 18.0. The van der Waals surface area contributed by atoms with Gasteiger partial charge in [0, 0.05) is 11.6 Å². The number of hydrogen-bond acceptors (Lipinski definition) is 4. The van der Waals surface area contributed by atoms with Crippen LogP contribution in [0.1, 0.15) is 0 Å².